The summed E-state index contributed by atoms with van der Waals surface area (Å²) in [5, 5.41) is 12.8. The third-order valence-corrected chi connectivity index (χ3v) is 6.52. The summed E-state index contributed by atoms with van der Waals surface area (Å²) in [5.74, 6) is -1.15. The van der Waals surface area contributed by atoms with Crippen LogP contribution in [0.3, 0.4) is 0 Å². The summed E-state index contributed by atoms with van der Waals surface area (Å²) in [5.41, 5.74) is 1.95. The Morgan fingerprint density at radius 1 is 0.854 bits per heavy atom. The van der Waals surface area contributed by atoms with Crippen LogP contribution in [-0.4, -0.2) is 64.7 Å². The zero-order valence-corrected chi connectivity index (χ0v) is 24.3. The molecule has 2 amide bonds. The van der Waals surface area contributed by atoms with Crippen LogP contribution in [0.5, 0.6) is 0 Å². The number of amides is 2. The van der Waals surface area contributed by atoms with E-state index < -0.39 is 29.7 Å². The summed E-state index contributed by atoms with van der Waals surface area (Å²) in [6, 6.07) is 27.3. The summed E-state index contributed by atoms with van der Waals surface area (Å²) in [7, 11) is 1.73. The van der Waals surface area contributed by atoms with E-state index in [2.05, 4.69) is 5.32 Å². The Bertz CT molecular complexity index is 1250. The second kappa shape index (κ2) is 15.0. The molecule has 0 fully saturated rings. The smallest absolute Gasteiger partial charge is 0.411 e. The van der Waals surface area contributed by atoms with Crippen LogP contribution in [0.1, 0.15) is 49.9 Å². The SMILES string of the molecule is CN(Cc1ccccc1)C(=O)C(Cc1ccccc1)N(CCNC(CC(=O)O)c1ccccc1)C(=O)OC(C)(C)C. The zero-order valence-electron chi connectivity index (χ0n) is 24.3. The van der Waals surface area contributed by atoms with Crippen LogP contribution in [0.25, 0.3) is 0 Å². The predicted molar refractivity (Wildman–Crippen MR) is 159 cm³/mol. The second-order valence-corrected chi connectivity index (χ2v) is 11.1. The predicted octanol–water partition coefficient (Wildman–Crippen LogP) is 5.30. The Morgan fingerprint density at radius 2 is 1.39 bits per heavy atom. The number of carbonyl (C=O) groups excluding carboxylic acids is 2. The lowest BCUT2D eigenvalue weighted by Crippen LogP contribution is -2.54. The van der Waals surface area contributed by atoms with E-state index in [0.717, 1.165) is 16.7 Å². The normalized spacial score (nSPS) is 12.7. The molecule has 2 N–H and O–H groups in total. The van der Waals surface area contributed by atoms with Crippen LogP contribution >= 0.6 is 0 Å². The minimum atomic E-state index is -0.935. The molecule has 0 saturated heterocycles. The van der Waals surface area contributed by atoms with Crippen LogP contribution < -0.4 is 5.32 Å². The largest absolute Gasteiger partial charge is 0.481 e. The molecule has 0 aliphatic rings. The van der Waals surface area contributed by atoms with E-state index >= 15 is 0 Å². The van der Waals surface area contributed by atoms with Crippen LogP contribution in [0.2, 0.25) is 0 Å². The summed E-state index contributed by atoms with van der Waals surface area (Å²) >= 11 is 0. The number of hydrogen-bond acceptors (Lipinski definition) is 5. The van der Waals surface area contributed by atoms with Crippen LogP contribution in [-0.2, 0) is 27.3 Å². The molecule has 3 rings (SSSR count). The molecule has 3 aromatic rings. The zero-order chi connectivity index (χ0) is 29.8. The lowest BCUT2D eigenvalue weighted by molar-refractivity contribution is -0.137. The van der Waals surface area contributed by atoms with Crippen molar-refractivity contribution in [3.8, 4) is 0 Å². The Kier molecular flexibility index (Phi) is 11.5. The summed E-state index contributed by atoms with van der Waals surface area (Å²) in [6.07, 6.45) is -0.422. The molecule has 41 heavy (non-hydrogen) atoms. The number of nitrogens with one attached hydrogen (secondary N) is 1. The van der Waals surface area contributed by atoms with E-state index in [1.165, 1.54) is 4.90 Å². The highest BCUT2D eigenvalue weighted by Gasteiger charge is 2.35. The van der Waals surface area contributed by atoms with Crippen molar-refractivity contribution in [1.29, 1.82) is 0 Å². The van der Waals surface area contributed by atoms with Gasteiger partial charge in [-0.15, -0.1) is 0 Å². The molecule has 0 aliphatic heterocycles. The number of ether oxygens (including phenoxy) is 1. The minimum Gasteiger partial charge on any atom is -0.481 e. The van der Waals surface area contributed by atoms with Gasteiger partial charge in [-0.2, -0.15) is 0 Å². The van der Waals surface area contributed by atoms with Crippen molar-refractivity contribution in [3.05, 3.63) is 108 Å². The fraction of sp³-hybridized carbons (Fsp3) is 0.364. The molecular weight excluding hydrogens is 518 g/mol. The van der Waals surface area contributed by atoms with E-state index in [9.17, 15) is 19.5 Å². The summed E-state index contributed by atoms with van der Waals surface area (Å²) < 4.78 is 5.77. The van der Waals surface area contributed by atoms with E-state index in [-0.39, 0.29) is 25.4 Å². The molecule has 0 saturated carbocycles. The van der Waals surface area contributed by atoms with Gasteiger partial charge >= 0.3 is 12.1 Å². The molecule has 218 valence electrons. The highest BCUT2D eigenvalue weighted by atomic mass is 16.6. The number of carboxylic acids is 1. The standard InChI is InChI=1S/C33H41N3O5/c1-33(2,3)41-32(40)36(21-20-34-28(23-30(37)38)27-18-12-7-13-19-27)29(22-25-14-8-5-9-15-25)31(39)35(4)24-26-16-10-6-11-17-26/h5-19,28-29,34H,20-24H2,1-4H3,(H,37,38). The van der Waals surface area contributed by atoms with Gasteiger partial charge in [-0.25, -0.2) is 4.79 Å². The number of likely N-dealkylation sites (N-methyl/N-ethyl adjacent to an activating group) is 1. The fourth-order valence-electron chi connectivity index (χ4n) is 4.58. The number of rotatable bonds is 13. The molecule has 2 atom stereocenters. The van der Waals surface area contributed by atoms with Gasteiger partial charge in [0.15, 0.2) is 0 Å². The Labute approximate surface area is 242 Å². The van der Waals surface area contributed by atoms with Crippen molar-refractivity contribution in [2.45, 2.75) is 57.8 Å². The van der Waals surface area contributed by atoms with E-state index in [4.69, 9.17) is 4.74 Å². The summed E-state index contributed by atoms with van der Waals surface area (Å²) in [4.78, 5) is 42.3. The van der Waals surface area contributed by atoms with Crippen LogP contribution in [0, 0.1) is 0 Å². The Hall–Kier alpha value is -4.17. The van der Waals surface area contributed by atoms with Crippen molar-refractivity contribution < 1.29 is 24.2 Å². The third kappa shape index (κ3) is 10.4. The first kappa shape index (κ1) is 31.4. The maximum Gasteiger partial charge on any atom is 0.411 e. The topological polar surface area (TPSA) is 99.2 Å². The minimum absolute atomic E-state index is 0.122. The molecule has 0 bridgehead atoms. The van der Waals surface area contributed by atoms with Gasteiger partial charge in [-0.05, 0) is 37.5 Å². The van der Waals surface area contributed by atoms with Gasteiger partial charge in [-0.3, -0.25) is 14.5 Å². The van der Waals surface area contributed by atoms with Gasteiger partial charge in [0.25, 0.3) is 0 Å². The molecule has 8 nitrogen and oxygen atoms in total. The highest BCUT2D eigenvalue weighted by molar-refractivity contribution is 5.86. The molecular formula is C33H41N3O5. The monoisotopic (exact) mass is 559 g/mol. The van der Waals surface area contributed by atoms with Crippen LogP contribution in [0.15, 0.2) is 91.0 Å². The molecule has 0 aliphatic carbocycles. The average Bonchev–Trinajstić information content (AvgIpc) is 2.93. The summed E-state index contributed by atoms with van der Waals surface area (Å²) in [6.45, 7) is 6.15. The highest BCUT2D eigenvalue weighted by Crippen LogP contribution is 2.20. The van der Waals surface area contributed by atoms with E-state index in [1.54, 1.807) is 32.7 Å². The van der Waals surface area contributed by atoms with E-state index in [1.807, 2.05) is 91.0 Å². The van der Waals surface area contributed by atoms with Gasteiger partial charge in [0.2, 0.25) is 5.91 Å². The number of nitrogens with zero attached hydrogens (tertiary/aromatic N) is 2. The van der Waals surface area contributed by atoms with E-state index in [0.29, 0.717) is 13.0 Å². The maximum absolute atomic E-state index is 14.0. The second-order valence-electron chi connectivity index (χ2n) is 11.1. The first-order valence-corrected chi connectivity index (χ1v) is 13.9. The molecule has 2 unspecified atom stereocenters. The average molecular weight is 560 g/mol. The first-order valence-electron chi connectivity index (χ1n) is 13.9. The van der Waals surface area contributed by atoms with Crippen molar-refractivity contribution >= 4 is 18.0 Å². The lowest BCUT2D eigenvalue weighted by atomic mass is 10.0. The van der Waals surface area contributed by atoms with Gasteiger partial charge < -0.3 is 20.1 Å². The van der Waals surface area contributed by atoms with Crippen molar-refractivity contribution in [2.24, 2.45) is 0 Å². The van der Waals surface area contributed by atoms with Gasteiger partial charge in [0, 0.05) is 39.1 Å². The molecule has 0 heterocycles. The first-order chi connectivity index (χ1) is 19.5. The Morgan fingerprint density at radius 3 is 1.93 bits per heavy atom. The number of benzene rings is 3. The van der Waals surface area contributed by atoms with Crippen LogP contribution in [0.4, 0.5) is 4.79 Å². The van der Waals surface area contributed by atoms with Crippen molar-refractivity contribution in [2.75, 3.05) is 20.1 Å². The fourth-order valence-corrected chi connectivity index (χ4v) is 4.58. The quantitative estimate of drug-likeness (QED) is 0.295. The number of aliphatic carboxylic acids is 1. The molecule has 0 radical (unpaired) electrons. The third-order valence-electron chi connectivity index (χ3n) is 6.52. The maximum atomic E-state index is 14.0. The Balaban J connectivity index is 1.89. The van der Waals surface area contributed by atoms with Crippen molar-refractivity contribution in [3.63, 3.8) is 0 Å². The number of carboxylic acid groups (broad SMARTS) is 1. The number of hydrogen-bond donors (Lipinski definition) is 2. The lowest BCUT2D eigenvalue weighted by Gasteiger charge is -2.35. The van der Waals surface area contributed by atoms with Gasteiger partial charge in [-0.1, -0.05) is 91.0 Å². The molecule has 0 spiro atoms. The molecule has 3 aromatic carbocycles. The number of carbonyl (C=O) groups is 3. The van der Waals surface area contributed by atoms with Gasteiger partial charge in [0.1, 0.15) is 11.6 Å². The molecule has 8 heteroatoms. The molecule has 0 aromatic heterocycles. The van der Waals surface area contributed by atoms with Gasteiger partial charge in [0.05, 0.1) is 6.42 Å². The van der Waals surface area contributed by atoms with Crippen molar-refractivity contribution in [1.82, 2.24) is 15.1 Å².